The van der Waals surface area contributed by atoms with Gasteiger partial charge in [-0.15, -0.1) is 12.4 Å². The quantitative estimate of drug-likeness (QED) is 0.873. The number of methoxy groups -OCH3 is 1. The van der Waals surface area contributed by atoms with Gasteiger partial charge in [0.25, 0.3) is 0 Å². The van der Waals surface area contributed by atoms with E-state index in [9.17, 15) is 4.79 Å². The second-order valence-corrected chi connectivity index (χ2v) is 5.80. The molecule has 22 heavy (non-hydrogen) atoms. The Morgan fingerprint density at radius 2 is 2.18 bits per heavy atom. The molecule has 4 nitrogen and oxygen atoms in total. The molecule has 1 aliphatic heterocycles. The minimum atomic E-state index is 0. The van der Waals surface area contributed by atoms with Crippen molar-refractivity contribution in [1.82, 2.24) is 10.2 Å². The predicted octanol–water partition coefficient (Wildman–Crippen LogP) is 2.51. The van der Waals surface area contributed by atoms with Crippen LogP contribution in [0.1, 0.15) is 25.3 Å². The van der Waals surface area contributed by atoms with Crippen LogP contribution in [-0.2, 0) is 11.2 Å². The van der Waals surface area contributed by atoms with Gasteiger partial charge < -0.3 is 15.0 Å². The van der Waals surface area contributed by atoms with Crippen LogP contribution in [0.3, 0.4) is 0 Å². The van der Waals surface area contributed by atoms with Crippen molar-refractivity contribution in [2.24, 2.45) is 5.92 Å². The Morgan fingerprint density at radius 3 is 2.86 bits per heavy atom. The molecule has 0 bridgehead atoms. The SMILES string of the molecule is CNCC(C)C(=O)N1CCCC1Cc1ccccc1OC.Cl. The van der Waals surface area contributed by atoms with Gasteiger partial charge in [0.05, 0.1) is 7.11 Å². The number of hydrogen-bond acceptors (Lipinski definition) is 3. The average Bonchev–Trinajstić information content (AvgIpc) is 2.95. The lowest BCUT2D eigenvalue weighted by atomic mass is 10.0. The molecule has 0 aromatic heterocycles. The largest absolute Gasteiger partial charge is 0.496 e. The number of hydrogen-bond donors (Lipinski definition) is 1. The molecule has 1 saturated heterocycles. The molecule has 1 aromatic rings. The molecule has 0 aliphatic carbocycles. The zero-order valence-electron chi connectivity index (χ0n) is 13.7. The molecule has 124 valence electrons. The van der Waals surface area contributed by atoms with Crippen LogP contribution in [0.2, 0.25) is 0 Å². The number of carbonyl (C=O) groups is 1. The van der Waals surface area contributed by atoms with Crippen molar-refractivity contribution in [2.75, 3.05) is 27.2 Å². The van der Waals surface area contributed by atoms with Gasteiger partial charge in [-0.2, -0.15) is 0 Å². The van der Waals surface area contributed by atoms with E-state index >= 15 is 0 Å². The van der Waals surface area contributed by atoms with E-state index < -0.39 is 0 Å². The predicted molar refractivity (Wildman–Crippen MR) is 91.8 cm³/mol. The van der Waals surface area contributed by atoms with E-state index in [-0.39, 0.29) is 24.2 Å². The number of nitrogens with zero attached hydrogens (tertiary/aromatic N) is 1. The fraction of sp³-hybridized carbons (Fsp3) is 0.588. The number of rotatable bonds is 6. The third kappa shape index (κ3) is 4.37. The Morgan fingerprint density at radius 1 is 1.45 bits per heavy atom. The number of halogens is 1. The lowest BCUT2D eigenvalue weighted by Crippen LogP contribution is -2.42. The summed E-state index contributed by atoms with van der Waals surface area (Å²) in [4.78, 5) is 14.6. The van der Waals surface area contributed by atoms with E-state index in [1.165, 1.54) is 5.56 Å². The van der Waals surface area contributed by atoms with Crippen molar-refractivity contribution in [3.8, 4) is 5.75 Å². The number of carbonyl (C=O) groups excluding carboxylic acids is 1. The second kappa shape index (κ2) is 9.01. The summed E-state index contributed by atoms with van der Waals surface area (Å²) in [5.74, 6) is 1.22. The van der Waals surface area contributed by atoms with Gasteiger partial charge in [-0.3, -0.25) is 4.79 Å². The molecule has 1 heterocycles. The molecule has 2 unspecified atom stereocenters. The number of para-hydroxylation sites is 1. The average molecular weight is 327 g/mol. The van der Waals surface area contributed by atoms with E-state index in [0.29, 0.717) is 6.04 Å². The highest BCUT2D eigenvalue weighted by Gasteiger charge is 2.31. The topological polar surface area (TPSA) is 41.6 Å². The van der Waals surface area contributed by atoms with Gasteiger partial charge in [0.15, 0.2) is 0 Å². The highest BCUT2D eigenvalue weighted by atomic mass is 35.5. The van der Waals surface area contributed by atoms with Crippen LogP contribution in [0.15, 0.2) is 24.3 Å². The fourth-order valence-electron chi connectivity index (χ4n) is 3.14. The van der Waals surface area contributed by atoms with Crippen molar-refractivity contribution in [1.29, 1.82) is 0 Å². The first-order valence-electron chi connectivity index (χ1n) is 7.74. The molecule has 2 atom stereocenters. The molecular formula is C17H27ClN2O2. The molecule has 0 radical (unpaired) electrons. The molecule has 1 N–H and O–H groups in total. The number of ether oxygens (including phenoxy) is 1. The summed E-state index contributed by atoms with van der Waals surface area (Å²) >= 11 is 0. The molecule has 0 spiro atoms. The van der Waals surface area contributed by atoms with E-state index in [1.807, 2.05) is 32.2 Å². The van der Waals surface area contributed by atoms with Crippen molar-refractivity contribution in [2.45, 2.75) is 32.2 Å². The summed E-state index contributed by atoms with van der Waals surface area (Å²) in [7, 11) is 3.59. The van der Waals surface area contributed by atoms with Gasteiger partial charge in [-0.1, -0.05) is 25.1 Å². The van der Waals surface area contributed by atoms with Crippen LogP contribution < -0.4 is 10.1 Å². The Kier molecular flexibility index (Phi) is 7.69. The minimum absolute atomic E-state index is 0. The molecular weight excluding hydrogens is 300 g/mol. The lowest BCUT2D eigenvalue weighted by Gasteiger charge is -2.28. The molecule has 5 heteroatoms. The second-order valence-electron chi connectivity index (χ2n) is 5.80. The van der Waals surface area contributed by atoms with E-state index in [4.69, 9.17) is 4.74 Å². The van der Waals surface area contributed by atoms with E-state index in [0.717, 1.165) is 38.1 Å². The van der Waals surface area contributed by atoms with Crippen LogP contribution in [0.4, 0.5) is 0 Å². The van der Waals surface area contributed by atoms with E-state index in [1.54, 1.807) is 7.11 Å². The van der Waals surface area contributed by atoms with Crippen molar-refractivity contribution < 1.29 is 9.53 Å². The highest BCUT2D eigenvalue weighted by Crippen LogP contribution is 2.27. The van der Waals surface area contributed by atoms with Crippen molar-refractivity contribution in [3.05, 3.63) is 29.8 Å². The molecule has 1 aromatic carbocycles. The zero-order valence-corrected chi connectivity index (χ0v) is 14.5. The third-order valence-corrected chi connectivity index (χ3v) is 4.24. The lowest BCUT2D eigenvalue weighted by molar-refractivity contribution is -0.135. The van der Waals surface area contributed by atoms with Gasteiger partial charge in [-0.25, -0.2) is 0 Å². The Bertz CT molecular complexity index is 481. The molecule has 1 aliphatic rings. The summed E-state index contributed by atoms with van der Waals surface area (Å²) < 4.78 is 5.42. The number of nitrogens with one attached hydrogen (secondary N) is 1. The van der Waals surface area contributed by atoms with E-state index in [2.05, 4.69) is 16.3 Å². The van der Waals surface area contributed by atoms with Gasteiger partial charge in [0.2, 0.25) is 5.91 Å². The monoisotopic (exact) mass is 326 g/mol. The normalized spacial score (nSPS) is 18.7. The highest BCUT2D eigenvalue weighted by molar-refractivity contribution is 5.85. The smallest absolute Gasteiger partial charge is 0.226 e. The van der Waals surface area contributed by atoms with Crippen LogP contribution in [0.25, 0.3) is 0 Å². The number of benzene rings is 1. The summed E-state index contributed by atoms with van der Waals surface area (Å²) in [5, 5.41) is 3.09. The van der Waals surface area contributed by atoms with Crippen LogP contribution in [-0.4, -0.2) is 44.1 Å². The van der Waals surface area contributed by atoms with Gasteiger partial charge in [-0.05, 0) is 37.9 Å². The first-order valence-corrected chi connectivity index (χ1v) is 7.74. The maximum Gasteiger partial charge on any atom is 0.226 e. The third-order valence-electron chi connectivity index (χ3n) is 4.24. The van der Waals surface area contributed by atoms with Crippen LogP contribution in [0.5, 0.6) is 5.75 Å². The molecule has 1 amide bonds. The number of likely N-dealkylation sites (tertiary alicyclic amines) is 1. The summed E-state index contributed by atoms with van der Waals surface area (Å²) in [5.41, 5.74) is 1.19. The van der Waals surface area contributed by atoms with Crippen molar-refractivity contribution in [3.63, 3.8) is 0 Å². The molecule has 0 saturated carbocycles. The van der Waals surface area contributed by atoms with Gasteiger partial charge in [0.1, 0.15) is 5.75 Å². The first-order chi connectivity index (χ1) is 10.2. The minimum Gasteiger partial charge on any atom is -0.496 e. The number of amides is 1. The molecule has 2 rings (SSSR count). The van der Waals surface area contributed by atoms with Crippen LogP contribution in [0, 0.1) is 5.92 Å². The standard InChI is InChI=1S/C17H26N2O2.ClH/c1-13(12-18-2)17(20)19-10-6-8-15(19)11-14-7-4-5-9-16(14)21-3;/h4-5,7,9,13,15,18H,6,8,10-12H2,1-3H3;1H. The Hall–Kier alpha value is -1.26. The fourth-order valence-corrected chi connectivity index (χ4v) is 3.14. The van der Waals surface area contributed by atoms with Crippen molar-refractivity contribution >= 4 is 18.3 Å². The maximum atomic E-state index is 12.5. The summed E-state index contributed by atoms with van der Waals surface area (Å²) in [6.07, 6.45) is 3.05. The zero-order chi connectivity index (χ0) is 15.2. The van der Waals surface area contributed by atoms with Crippen LogP contribution >= 0.6 is 12.4 Å². The Balaban J connectivity index is 0.00000242. The molecule has 1 fully saturated rings. The maximum absolute atomic E-state index is 12.5. The van der Waals surface area contributed by atoms with Gasteiger partial charge in [0, 0.05) is 25.0 Å². The Labute approximate surface area is 139 Å². The van der Waals surface area contributed by atoms with Gasteiger partial charge >= 0.3 is 0 Å². The summed E-state index contributed by atoms with van der Waals surface area (Å²) in [6.45, 7) is 3.61. The summed E-state index contributed by atoms with van der Waals surface area (Å²) in [6, 6.07) is 8.39. The first kappa shape index (κ1) is 18.8.